The van der Waals surface area contributed by atoms with Crippen molar-refractivity contribution in [1.29, 1.82) is 0 Å². The Hall–Kier alpha value is -0.666. The van der Waals surface area contributed by atoms with Crippen LogP contribution in [0.4, 0.5) is 0 Å². The van der Waals surface area contributed by atoms with E-state index in [4.69, 9.17) is 8.85 Å². The molecule has 0 aromatic rings. The van der Waals surface area contributed by atoms with Crippen molar-refractivity contribution < 1.29 is 18.4 Å². The Morgan fingerprint density at radius 1 is 1.29 bits per heavy atom. The maximum Gasteiger partial charge on any atom is 0.328 e. The number of hydrogen-bond donors (Lipinski definition) is 1. The number of esters is 1. The molecule has 0 unspecified atom stereocenters. The SMILES string of the molecule is C[Si](C)(C)O[Si](C)(C)CCCCC(=O)N[C@H]1CCOC1=O. The first-order valence-corrected chi connectivity index (χ1v) is 14.3. The van der Waals surface area contributed by atoms with Crippen LogP contribution >= 0.6 is 0 Å². The summed E-state index contributed by atoms with van der Waals surface area (Å²) in [5.74, 6) is -0.357. The number of unbranched alkanes of at least 4 members (excludes halogenated alkanes) is 1. The second-order valence-corrected chi connectivity index (χ2v) is 16.3. The van der Waals surface area contributed by atoms with E-state index in [1.807, 2.05) is 0 Å². The van der Waals surface area contributed by atoms with Crippen LogP contribution in [0.5, 0.6) is 0 Å². The number of cyclic esters (lactones) is 1. The zero-order chi connectivity index (χ0) is 16.1. The zero-order valence-electron chi connectivity index (χ0n) is 14.0. The van der Waals surface area contributed by atoms with E-state index in [0.29, 0.717) is 19.4 Å². The summed E-state index contributed by atoms with van der Waals surface area (Å²) >= 11 is 0. The lowest BCUT2D eigenvalue weighted by Crippen LogP contribution is -2.42. The predicted octanol–water partition coefficient (Wildman–Crippen LogP) is 2.65. The minimum Gasteiger partial charge on any atom is -0.464 e. The van der Waals surface area contributed by atoms with Gasteiger partial charge in [-0.3, -0.25) is 4.79 Å². The fourth-order valence-electron chi connectivity index (χ4n) is 2.61. The molecule has 0 saturated carbocycles. The lowest BCUT2D eigenvalue weighted by atomic mass is 10.2. The fourth-order valence-corrected chi connectivity index (χ4v) is 10.8. The molecule has 0 aromatic heterocycles. The molecule has 1 aliphatic rings. The Morgan fingerprint density at radius 3 is 2.48 bits per heavy atom. The van der Waals surface area contributed by atoms with Gasteiger partial charge in [0.2, 0.25) is 5.91 Å². The van der Waals surface area contributed by atoms with Crippen LogP contribution in [0, 0.1) is 0 Å². The number of nitrogens with one attached hydrogen (secondary N) is 1. The number of amides is 1. The third-order valence-corrected chi connectivity index (χ3v) is 9.50. The van der Waals surface area contributed by atoms with Crippen molar-refractivity contribution in [2.45, 2.75) is 70.5 Å². The second kappa shape index (κ2) is 7.55. The summed E-state index contributed by atoms with van der Waals surface area (Å²) in [5, 5.41) is 2.74. The molecule has 122 valence electrons. The van der Waals surface area contributed by atoms with E-state index in [1.165, 1.54) is 0 Å². The van der Waals surface area contributed by atoms with Gasteiger partial charge in [0, 0.05) is 12.8 Å². The number of ether oxygens (including phenoxy) is 1. The van der Waals surface area contributed by atoms with Crippen LogP contribution in [0.1, 0.15) is 25.7 Å². The number of carbonyl (C=O) groups excluding carboxylic acids is 2. The Kier molecular flexibility index (Phi) is 6.61. The molecule has 1 heterocycles. The maximum absolute atomic E-state index is 11.8. The summed E-state index contributed by atoms with van der Waals surface area (Å²) < 4.78 is 11.1. The fraction of sp³-hybridized carbons (Fsp3) is 0.857. The van der Waals surface area contributed by atoms with Crippen LogP contribution in [0.25, 0.3) is 0 Å². The Bertz CT molecular complexity index is 380. The molecule has 1 rings (SSSR count). The van der Waals surface area contributed by atoms with Crippen molar-refractivity contribution in [3.63, 3.8) is 0 Å². The second-order valence-electron chi connectivity index (χ2n) is 7.26. The van der Waals surface area contributed by atoms with Crippen molar-refractivity contribution in [2.75, 3.05) is 6.61 Å². The highest BCUT2D eigenvalue weighted by atomic mass is 28.4. The van der Waals surface area contributed by atoms with E-state index < -0.39 is 22.7 Å². The highest BCUT2D eigenvalue weighted by Crippen LogP contribution is 2.21. The molecule has 1 atom stereocenters. The summed E-state index contributed by atoms with van der Waals surface area (Å²) in [5.41, 5.74) is 0. The van der Waals surface area contributed by atoms with E-state index in [2.05, 4.69) is 38.1 Å². The first kappa shape index (κ1) is 18.4. The van der Waals surface area contributed by atoms with Crippen LogP contribution in [-0.2, 0) is 18.4 Å². The molecular formula is C14H29NO4Si2. The van der Waals surface area contributed by atoms with Gasteiger partial charge in [0.15, 0.2) is 16.6 Å². The zero-order valence-corrected chi connectivity index (χ0v) is 16.0. The van der Waals surface area contributed by atoms with Gasteiger partial charge >= 0.3 is 5.97 Å². The van der Waals surface area contributed by atoms with Crippen molar-refractivity contribution in [3.05, 3.63) is 0 Å². The number of rotatable bonds is 8. The van der Waals surface area contributed by atoms with Gasteiger partial charge < -0.3 is 14.2 Å². The van der Waals surface area contributed by atoms with Crippen molar-refractivity contribution in [3.8, 4) is 0 Å². The number of carbonyl (C=O) groups is 2. The molecule has 0 spiro atoms. The van der Waals surface area contributed by atoms with Crippen LogP contribution in [0.15, 0.2) is 0 Å². The van der Waals surface area contributed by atoms with Gasteiger partial charge in [-0.25, -0.2) is 4.79 Å². The molecule has 21 heavy (non-hydrogen) atoms. The maximum atomic E-state index is 11.8. The lowest BCUT2D eigenvalue weighted by Gasteiger charge is -2.31. The van der Waals surface area contributed by atoms with Crippen LogP contribution in [0.2, 0.25) is 38.8 Å². The molecule has 1 fully saturated rings. The van der Waals surface area contributed by atoms with Crippen molar-refractivity contribution >= 4 is 28.5 Å². The van der Waals surface area contributed by atoms with Gasteiger partial charge in [-0.2, -0.15) is 0 Å². The highest BCUT2D eigenvalue weighted by Gasteiger charge is 2.29. The average molecular weight is 332 g/mol. The smallest absolute Gasteiger partial charge is 0.328 e. The summed E-state index contributed by atoms with van der Waals surface area (Å²) in [6, 6.07) is 0.647. The monoisotopic (exact) mass is 331 g/mol. The molecule has 1 N–H and O–H groups in total. The molecular weight excluding hydrogens is 302 g/mol. The Balaban J connectivity index is 2.18. The largest absolute Gasteiger partial charge is 0.464 e. The summed E-state index contributed by atoms with van der Waals surface area (Å²) in [7, 11) is -3.08. The third-order valence-electron chi connectivity index (χ3n) is 3.29. The first-order valence-electron chi connectivity index (χ1n) is 7.75. The lowest BCUT2D eigenvalue weighted by molar-refractivity contribution is -0.141. The molecule has 0 aliphatic carbocycles. The van der Waals surface area contributed by atoms with Crippen molar-refractivity contribution in [2.24, 2.45) is 0 Å². The normalized spacial score (nSPS) is 19.5. The average Bonchev–Trinajstić information content (AvgIpc) is 2.67. The van der Waals surface area contributed by atoms with Crippen molar-refractivity contribution in [1.82, 2.24) is 5.32 Å². The van der Waals surface area contributed by atoms with Gasteiger partial charge in [0.25, 0.3) is 0 Å². The van der Waals surface area contributed by atoms with Gasteiger partial charge in [-0.15, -0.1) is 0 Å². The quantitative estimate of drug-likeness (QED) is 0.422. The van der Waals surface area contributed by atoms with E-state index >= 15 is 0 Å². The third kappa shape index (κ3) is 7.78. The molecule has 0 radical (unpaired) electrons. The minimum absolute atomic E-state index is 0.0514. The van der Waals surface area contributed by atoms with Gasteiger partial charge in [0.05, 0.1) is 6.61 Å². The number of hydrogen-bond acceptors (Lipinski definition) is 4. The van der Waals surface area contributed by atoms with E-state index in [1.54, 1.807) is 0 Å². The van der Waals surface area contributed by atoms with E-state index in [9.17, 15) is 9.59 Å². The molecule has 1 saturated heterocycles. The van der Waals surface area contributed by atoms with Gasteiger partial charge in [-0.1, -0.05) is 6.42 Å². The predicted molar refractivity (Wildman–Crippen MR) is 88.1 cm³/mol. The molecule has 0 aromatic carbocycles. The van der Waals surface area contributed by atoms with Gasteiger partial charge in [-0.05, 0) is 45.2 Å². The Morgan fingerprint density at radius 2 is 1.95 bits per heavy atom. The highest BCUT2D eigenvalue weighted by molar-refractivity contribution is 6.84. The molecule has 5 nitrogen and oxygen atoms in total. The standard InChI is InChI=1S/C14H29NO4Si2/c1-20(2,3)19-21(4,5)11-7-6-8-13(16)15-12-9-10-18-14(12)17/h12H,6-11H2,1-5H3,(H,15,16)/t12-/m0/s1. The van der Waals surface area contributed by atoms with Crippen LogP contribution < -0.4 is 5.32 Å². The molecule has 1 aliphatic heterocycles. The molecule has 7 heteroatoms. The summed E-state index contributed by atoms with van der Waals surface area (Å²) in [4.78, 5) is 23.0. The molecule has 0 bridgehead atoms. The summed E-state index contributed by atoms with van der Waals surface area (Å²) in [6.07, 6.45) is 2.92. The first-order chi connectivity index (χ1) is 9.59. The topological polar surface area (TPSA) is 64.6 Å². The van der Waals surface area contributed by atoms with Crippen LogP contribution in [-0.4, -0.2) is 41.2 Å². The Labute approximate surface area is 130 Å². The van der Waals surface area contributed by atoms with E-state index in [-0.39, 0.29) is 11.9 Å². The van der Waals surface area contributed by atoms with Gasteiger partial charge in [0.1, 0.15) is 6.04 Å². The molecule has 1 amide bonds. The minimum atomic E-state index is -1.60. The summed E-state index contributed by atoms with van der Waals surface area (Å²) in [6.45, 7) is 11.6. The van der Waals surface area contributed by atoms with Crippen LogP contribution in [0.3, 0.4) is 0 Å². The van der Waals surface area contributed by atoms with E-state index in [0.717, 1.165) is 18.9 Å².